The van der Waals surface area contributed by atoms with Crippen molar-refractivity contribution in [3.63, 3.8) is 0 Å². The second-order valence-electron chi connectivity index (χ2n) is 6.53. The van der Waals surface area contributed by atoms with Gasteiger partial charge in [0.15, 0.2) is 0 Å². The van der Waals surface area contributed by atoms with E-state index in [1.807, 2.05) is 34.7 Å². The molecule has 3 rings (SSSR count). The number of carbonyl (C=O) groups excluding carboxylic acids is 1. The lowest BCUT2D eigenvalue weighted by Crippen LogP contribution is -2.28. The predicted molar refractivity (Wildman–Crippen MR) is 112 cm³/mol. The molecule has 27 heavy (non-hydrogen) atoms. The molecule has 0 saturated carbocycles. The van der Waals surface area contributed by atoms with E-state index in [-0.39, 0.29) is 5.91 Å². The van der Waals surface area contributed by atoms with Gasteiger partial charge in [-0.05, 0) is 59.2 Å². The highest BCUT2D eigenvalue weighted by Gasteiger charge is 2.13. The number of nitrogens with zero attached hydrogens (tertiary/aromatic N) is 2. The van der Waals surface area contributed by atoms with E-state index in [1.165, 1.54) is 11.1 Å². The molecule has 0 atom stereocenters. The van der Waals surface area contributed by atoms with E-state index < -0.39 is 0 Å². The van der Waals surface area contributed by atoms with E-state index in [4.69, 9.17) is 0 Å². The van der Waals surface area contributed by atoms with Gasteiger partial charge in [0.2, 0.25) is 5.91 Å². The van der Waals surface area contributed by atoms with Crippen LogP contribution in [0.4, 0.5) is 0 Å². The second kappa shape index (κ2) is 9.28. The minimum atomic E-state index is 0.00576. The first kappa shape index (κ1) is 19.1. The normalized spacial score (nSPS) is 11.0. The molecule has 0 spiro atoms. The number of aromatic nitrogens is 1. The lowest BCUT2D eigenvalue weighted by atomic mass is 10.1. The first-order valence-electron chi connectivity index (χ1n) is 9.13. The molecule has 0 N–H and O–H groups in total. The van der Waals surface area contributed by atoms with Crippen LogP contribution in [0.15, 0.2) is 66.3 Å². The summed E-state index contributed by atoms with van der Waals surface area (Å²) in [5.41, 5.74) is 4.65. The summed E-state index contributed by atoms with van der Waals surface area (Å²) in [7, 11) is 0. The van der Waals surface area contributed by atoms with Crippen molar-refractivity contribution in [2.24, 2.45) is 0 Å². The van der Waals surface area contributed by atoms with Gasteiger partial charge < -0.3 is 4.90 Å². The maximum absolute atomic E-state index is 12.9. The summed E-state index contributed by atoms with van der Waals surface area (Å²) in [5, 5.41) is 2.04. The summed E-state index contributed by atoms with van der Waals surface area (Å²) in [4.78, 5) is 20.1. The zero-order valence-corrected chi connectivity index (χ0v) is 16.6. The number of hydrogen-bond donors (Lipinski definition) is 0. The molecule has 1 aromatic carbocycles. The van der Waals surface area contributed by atoms with E-state index in [2.05, 4.69) is 49.2 Å². The monoisotopic (exact) mass is 376 g/mol. The summed E-state index contributed by atoms with van der Waals surface area (Å²) in [5.74, 6) is 0.00576. The molecule has 0 fully saturated rings. The molecule has 3 nitrogen and oxygen atoms in total. The van der Waals surface area contributed by atoms with Gasteiger partial charge in [-0.25, -0.2) is 0 Å². The van der Waals surface area contributed by atoms with Crippen LogP contribution in [0.5, 0.6) is 0 Å². The van der Waals surface area contributed by atoms with E-state index in [1.54, 1.807) is 23.6 Å². The molecule has 0 saturated heterocycles. The third kappa shape index (κ3) is 5.38. The molecule has 3 aromatic rings. The van der Waals surface area contributed by atoms with Crippen molar-refractivity contribution in [3.05, 3.63) is 93.4 Å². The zero-order chi connectivity index (χ0) is 19.1. The van der Waals surface area contributed by atoms with Crippen molar-refractivity contribution in [2.75, 3.05) is 0 Å². The fraction of sp³-hybridized carbons (Fsp3) is 0.217. The maximum atomic E-state index is 12.9. The van der Waals surface area contributed by atoms with Crippen molar-refractivity contribution >= 4 is 23.3 Å². The van der Waals surface area contributed by atoms with E-state index in [0.717, 1.165) is 22.4 Å². The number of hydrogen-bond acceptors (Lipinski definition) is 3. The van der Waals surface area contributed by atoms with Crippen LogP contribution in [0.1, 0.15) is 34.1 Å². The van der Waals surface area contributed by atoms with Gasteiger partial charge in [-0.3, -0.25) is 9.78 Å². The molecule has 0 aliphatic carbocycles. The molecule has 0 unspecified atom stereocenters. The molecule has 4 heteroatoms. The molecule has 2 heterocycles. The van der Waals surface area contributed by atoms with Gasteiger partial charge in [-0.2, -0.15) is 0 Å². The van der Waals surface area contributed by atoms with E-state index >= 15 is 0 Å². The quantitative estimate of drug-likeness (QED) is 0.527. The van der Waals surface area contributed by atoms with Gasteiger partial charge in [-0.15, -0.1) is 11.3 Å². The highest BCUT2D eigenvalue weighted by Crippen LogP contribution is 2.18. The first-order chi connectivity index (χ1) is 13.2. The van der Waals surface area contributed by atoms with Crippen LogP contribution >= 0.6 is 11.3 Å². The molecule has 0 aliphatic heterocycles. The largest absolute Gasteiger partial charge is 0.330 e. The summed E-state index contributed by atoms with van der Waals surface area (Å²) < 4.78 is 0. The van der Waals surface area contributed by atoms with Crippen molar-refractivity contribution in [3.8, 4) is 0 Å². The van der Waals surface area contributed by atoms with Gasteiger partial charge in [0.05, 0.1) is 0 Å². The van der Waals surface area contributed by atoms with Gasteiger partial charge in [0.25, 0.3) is 0 Å². The first-order valence-corrected chi connectivity index (χ1v) is 10.0. The number of pyridine rings is 1. The Balaban J connectivity index is 1.78. The Morgan fingerprint density at radius 2 is 1.81 bits per heavy atom. The number of benzene rings is 1. The average Bonchev–Trinajstić information content (AvgIpc) is 3.12. The molecular weight excluding hydrogens is 352 g/mol. The Kier molecular flexibility index (Phi) is 6.55. The predicted octanol–water partition coefficient (Wildman–Crippen LogP) is 5.26. The van der Waals surface area contributed by atoms with Crippen LogP contribution in [-0.2, 0) is 24.3 Å². The highest BCUT2D eigenvalue weighted by molar-refractivity contribution is 7.11. The van der Waals surface area contributed by atoms with E-state index in [9.17, 15) is 4.79 Å². The van der Waals surface area contributed by atoms with Crippen LogP contribution in [0.3, 0.4) is 0 Å². The van der Waals surface area contributed by atoms with Crippen molar-refractivity contribution in [2.45, 2.75) is 33.4 Å². The minimum absolute atomic E-state index is 0.00576. The van der Waals surface area contributed by atoms with Gasteiger partial charge in [-0.1, -0.05) is 37.3 Å². The summed E-state index contributed by atoms with van der Waals surface area (Å²) in [6, 6.07) is 14.4. The SMILES string of the molecule is CCc1ccc(CN(Cc2cccnc2)C(=O)/C=C/c2sccc2C)cc1. The number of aryl methyl sites for hydroxylation is 2. The Bertz CT molecular complexity index is 898. The molecule has 138 valence electrons. The molecule has 0 radical (unpaired) electrons. The van der Waals surface area contributed by atoms with E-state index in [0.29, 0.717) is 13.1 Å². The smallest absolute Gasteiger partial charge is 0.247 e. The van der Waals surface area contributed by atoms with Gasteiger partial charge in [0, 0.05) is 36.4 Å². The Morgan fingerprint density at radius 3 is 2.44 bits per heavy atom. The summed E-state index contributed by atoms with van der Waals surface area (Å²) >= 11 is 1.65. The van der Waals surface area contributed by atoms with Gasteiger partial charge in [0.1, 0.15) is 0 Å². The fourth-order valence-electron chi connectivity index (χ4n) is 2.83. The highest BCUT2D eigenvalue weighted by atomic mass is 32.1. The van der Waals surface area contributed by atoms with Crippen LogP contribution in [0.25, 0.3) is 6.08 Å². The zero-order valence-electron chi connectivity index (χ0n) is 15.8. The summed E-state index contributed by atoms with van der Waals surface area (Å²) in [6.45, 7) is 5.31. The van der Waals surface area contributed by atoms with Crippen LogP contribution < -0.4 is 0 Å². The number of rotatable bonds is 7. The molecule has 1 amide bonds. The lowest BCUT2D eigenvalue weighted by Gasteiger charge is -2.21. The minimum Gasteiger partial charge on any atom is -0.330 e. The summed E-state index contributed by atoms with van der Waals surface area (Å²) in [6.07, 6.45) is 8.17. The fourth-order valence-corrected chi connectivity index (χ4v) is 3.65. The third-order valence-corrected chi connectivity index (χ3v) is 5.48. The maximum Gasteiger partial charge on any atom is 0.247 e. The van der Waals surface area contributed by atoms with Crippen molar-refractivity contribution in [1.82, 2.24) is 9.88 Å². The molecule has 0 aliphatic rings. The Hall–Kier alpha value is -2.72. The van der Waals surface area contributed by atoms with Crippen LogP contribution in [0.2, 0.25) is 0 Å². The number of amides is 1. The Labute approximate surface area is 165 Å². The van der Waals surface area contributed by atoms with Crippen LogP contribution in [0, 0.1) is 6.92 Å². The molecular formula is C23H24N2OS. The number of thiophene rings is 1. The Morgan fingerprint density at radius 1 is 1.07 bits per heavy atom. The average molecular weight is 377 g/mol. The van der Waals surface area contributed by atoms with Crippen LogP contribution in [-0.4, -0.2) is 15.8 Å². The van der Waals surface area contributed by atoms with Crippen molar-refractivity contribution in [1.29, 1.82) is 0 Å². The molecule has 2 aromatic heterocycles. The molecule has 0 bridgehead atoms. The number of carbonyl (C=O) groups is 1. The van der Waals surface area contributed by atoms with Crippen molar-refractivity contribution < 1.29 is 4.79 Å². The lowest BCUT2D eigenvalue weighted by molar-refractivity contribution is -0.127. The standard InChI is InChI=1S/C23H24N2OS/c1-3-19-6-8-20(9-7-19)16-25(17-21-5-4-13-24-15-21)23(26)11-10-22-18(2)12-14-27-22/h4-15H,3,16-17H2,1-2H3/b11-10+. The topological polar surface area (TPSA) is 33.2 Å². The third-order valence-electron chi connectivity index (χ3n) is 4.49. The second-order valence-corrected chi connectivity index (χ2v) is 7.47. The van der Waals surface area contributed by atoms with Gasteiger partial charge >= 0.3 is 0 Å².